The molecular weight excluding hydrogens is 320 g/mol. The van der Waals surface area contributed by atoms with E-state index in [4.69, 9.17) is 21.1 Å². The fourth-order valence-electron chi connectivity index (χ4n) is 1.88. The van der Waals surface area contributed by atoms with Crippen LogP contribution in [0.4, 0.5) is 0 Å². The number of nitrogens with one attached hydrogen (secondary N) is 2. The Kier molecular flexibility index (Phi) is 8.43. The van der Waals surface area contributed by atoms with Crippen LogP contribution in [-0.4, -0.2) is 45.2 Å². The number of hydrogen-bond donors (Lipinski definition) is 2. The number of carbonyl (C=O) groups is 2. The van der Waals surface area contributed by atoms with Gasteiger partial charge >= 0.3 is 0 Å². The van der Waals surface area contributed by atoms with E-state index in [0.29, 0.717) is 36.9 Å². The van der Waals surface area contributed by atoms with E-state index in [1.807, 2.05) is 13.8 Å². The zero-order valence-electron chi connectivity index (χ0n) is 13.7. The van der Waals surface area contributed by atoms with Gasteiger partial charge in [-0.3, -0.25) is 9.59 Å². The van der Waals surface area contributed by atoms with Gasteiger partial charge in [0, 0.05) is 31.6 Å². The highest BCUT2D eigenvalue weighted by atomic mass is 35.5. The molecule has 2 N–H and O–H groups in total. The van der Waals surface area contributed by atoms with Crippen LogP contribution in [-0.2, 0) is 14.3 Å². The lowest BCUT2D eigenvalue weighted by molar-refractivity contribution is -0.124. The molecule has 0 saturated heterocycles. The van der Waals surface area contributed by atoms with Crippen LogP contribution in [0.25, 0.3) is 0 Å². The van der Waals surface area contributed by atoms with E-state index in [0.717, 1.165) is 11.1 Å². The summed E-state index contributed by atoms with van der Waals surface area (Å²) in [5, 5.41) is 6.05. The van der Waals surface area contributed by atoms with Gasteiger partial charge in [-0.25, -0.2) is 0 Å². The number of methoxy groups -OCH3 is 1. The topological polar surface area (TPSA) is 76.7 Å². The highest BCUT2D eigenvalue weighted by molar-refractivity contribution is 6.32. The van der Waals surface area contributed by atoms with Gasteiger partial charge in [-0.15, -0.1) is 0 Å². The van der Waals surface area contributed by atoms with Gasteiger partial charge in [0.1, 0.15) is 5.75 Å². The number of rotatable bonds is 9. The fourth-order valence-corrected chi connectivity index (χ4v) is 1.99. The van der Waals surface area contributed by atoms with Crippen LogP contribution in [0.15, 0.2) is 12.1 Å². The predicted molar refractivity (Wildman–Crippen MR) is 88.9 cm³/mol. The van der Waals surface area contributed by atoms with E-state index in [9.17, 15) is 9.59 Å². The van der Waals surface area contributed by atoms with Gasteiger partial charge in [0.05, 0.1) is 6.61 Å². The Balaban J connectivity index is 2.23. The van der Waals surface area contributed by atoms with E-state index < -0.39 is 0 Å². The molecule has 0 radical (unpaired) electrons. The fraction of sp³-hybridized carbons (Fsp3) is 0.500. The SMILES string of the molecule is COCCC(=O)NCCNC(=O)COc1cc(C)c(Cl)c(C)c1. The van der Waals surface area contributed by atoms with Crippen molar-refractivity contribution in [2.24, 2.45) is 0 Å². The first-order valence-electron chi connectivity index (χ1n) is 7.36. The summed E-state index contributed by atoms with van der Waals surface area (Å²) in [5.41, 5.74) is 1.81. The summed E-state index contributed by atoms with van der Waals surface area (Å²) < 4.78 is 10.2. The van der Waals surface area contributed by atoms with Gasteiger partial charge in [-0.05, 0) is 37.1 Å². The average molecular weight is 343 g/mol. The Labute approximate surface area is 141 Å². The first-order chi connectivity index (χ1) is 10.9. The van der Waals surface area contributed by atoms with Crippen LogP contribution in [0, 0.1) is 13.8 Å². The number of carbonyl (C=O) groups excluding carboxylic acids is 2. The smallest absolute Gasteiger partial charge is 0.258 e. The second-order valence-electron chi connectivity index (χ2n) is 5.10. The quantitative estimate of drug-likeness (QED) is 0.668. The Morgan fingerprint density at radius 2 is 1.65 bits per heavy atom. The molecule has 1 aromatic carbocycles. The maximum Gasteiger partial charge on any atom is 0.258 e. The summed E-state index contributed by atoms with van der Waals surface area (Å²) in [5.74, 6) is 0.248. The largest absolute Gasteiger partial charge is 0.484 e. The Bertz CT molecular complexity index is 526. The predicted octanol–water partition coefficient (Wildman–Crippen LogP) is 1.60. The Morgan fingerprint density at radius 3 is 2.22 bits per heavy atom. The van der Waals surface area contributed by atoms with Crippen molar-refractivity contribution in [1.29, 1.82) is 0 Å². The minimum atomic E-state index is -0.249. The molecule has 0 unspecified atom stereocenters. The first kappa shape index (κ1) is 19.3. The van der Waals surface area contributed by atoms with Gasteiger partial charge in [-0.2, -0.15) is 0 Å². The molecule has 0 bridgehead atoms. The van der Waals surface area contributed by atoms with Gasteiger partial charge in [-0.1, -0.05) is 11.6 Å². The molecule has 0 aliphatic carbocycles. The molecule has 1 rings (SSSR count). The van der Waals surface area contributed by atoms with Crippen molar-refractivity contribution in [2.75, 3.05) is 33.4 Å². The first-order valence-corrected chi connectivity index (χ1v) is 7.73. The second kappa shape index (κ2) is 10.1. The number of halogens is 1. The van der Waals surface area contributed by atoms with Crippen molar-refractivity contribution >= 4 is 23.4 Å². The Hall–Kier alpha value is -1.79. The van der Waals surface area contributed by atoms with Crippen LogP contribution >= 0.6 is 11.6 Å². The van der Waals surface area contributed by atoms with Crippen LogP contribution in [0.2, 0.25) is 5.02 Å². The van der Waals surface area contributed by atoms with Crippen LogP contribution in [0.1, 0.15) is 17.5 Å². The normalized spacial score (nSPS) is 10.3. The third-order valence-corrected chi connectivity index (χ3v) is 3.68. The summed E-state index contributed by atoms with van der Waals surface area (Å²) >= 11 is 6.08. The molecule has 0 saturated carbocycles. The third-order valence-electron chi connectivity index (χ3n) is 3.08. The molecule has 7 heteroatoms. The average Bonchev–Trinajstić information content (AvgIpc) is 2.52. The van der Waals surface area contributed by atoms with Gasteiger partial charge in [0.25, 0.3) is 5.91 Å². The number of hydrogen-bond acceptors (Lipinski definition) is 4. The molecule has 2 amide bonds. The molecule has 0 aliphatic heterocycles. The maximum atomic E-state index is 11.7. The van der Waals surface area contributed by atoms with Gasteiger partial charge in [0.2, 0.25) is 5.91 Å². The van der Waals surface area contributed by atoms with Gasteiger partial charge in [0.15, 0.2) is 6.61 Å². The minimum absolute atomic E-state index is 0.0852. The van der Waals surface area contributed by atoms with Crippen molar-refractivity contribution in [3.63, 3.8) is 0 Å². The molecule has 0 fully saturated rings. The van der Waals surface area contributed by atoms with Crippen molar-refractivity contribution in [2.45, 2.75) is 20.3 Å². The van der Waals surface area contributed by atoms with Crippen LogP contribution in [0.5, 0.6) is 5.75 Å². The zero-order chi connectivity index (χ0) is 17.2. The van der Waals surface area contributed by atoms with E-state index in [2.05, 4.69) is 10.6 Å². The molecule has 128 valence electrons. The molecular formula is C16H23ClN2O4. The minimum Gasteiger partial charge on any atom is -0.484 e. The van der Waals surface area contributed by atoms with Crippen molar-refractivity contribution in [3.05, 3.63) is 28.3 Å². The van der Waals surface area contributed by atoms with E-state index in [1.54, 1.807) is 12.1 Å². The Morgan fingerprint density at radius 1 is 1.09 bits per heavy atom. The van der Waals surface area contributed by atoms with Crippen molar-refractivity contribution in [3.8, 4) is 5.75 Å². The monoisotopic (exact) mass is 342 g/mol. The van der Waals surface area contributed by atoms with E-state index in [1.165, 1.54) is 7.11 Å². The number of benzene rings is 1. The summed E-state index contributed by atoms with van der Waals surface area (Å²) in [4.78, 5) is 23.0. The zero-order valence-corrected chi connectivity index (χ0v) is 14.5. The molecule has 23 heavy (non-hydrogen) atoms. The number of ether oxygens (including phenoxy) is 2. The highest BCUT2D eigenvalue weighted by Gasteiger charge is 2.06. The summed E-state index contributed by atoms with van der Waals surface area (Å²) in [6.45, 7) is 4.78. The molecule has 0 aromatic heterocycles. The van der Waals surface area contributed by atoms with Crippen LogP contribution < -0.4 is 15.4 Å². The molecule has 0 spiro atoms. The van der Waals surface area contributed by atoms with Crippen molar-refractivity contribution < 1.29 is 19.1 Å². The lowest BCUT2D eigenvalue weighted by atomic mass is 10.1. The molecule has 0 aliphatic rings. The lowest BCUT2D eigenvalue weighted by Crippen LogP contribution is -2.37. The number of amides is 2. The molecule has 0 atom stereocenters. The summed E-state index contributed by atoms with van der Waals surface area (Å²) in [6.07, 6.45) is 0.308. The maximum absolute atomic E-state index is 11.7. The number of aryl methyl sites for hydroxylation is 2. The highest BCUT2D eigenvalue weighted by Crippen LogP contribution is 2.25. The third kappa shape index (κ3) is 7.34. The van der Waals surface area contributed by atoms with Crippen LogP contribution in [0.3, 0.4) is 0 Å². The molecule has 0 heterocycles. The van der Waals surface area contributed by atoms with Gasteiger partial charge < -0.3 is 20.1 Å². The standard InChI is InChI=1S/C16H23ClN2O4/c1-11-8-13(9-12(2)16(11)17)23-10-15(21)19-6-5-18-14(20)4-7-22-3/h8-9H,4-7,10H2,1-3H3,(H,18,20)(H,19,21). The molecule has 1 aromatic rings. The van der Waals surface area contributed by atoms with Crippen molar-refractivity contribution in [1.82, 2.24) is 10.6 Å². The lowest BCUT2D eigenvalue weighted by Gasteiger charge is -2.10. The van der Waals surface area contributed by atoms with E-state index in [-0.39, 0.29) is 18.4 Å². The summed E-state index contributed by atoms with van der Waals surface area (Å²) in [6, 6.07) is 3.58. The summed E-state index contributed by atoms with van der Waals surface area (Å²) in [7, 11) is 1.54. The molecule has 6 nitrogen and oxygen atoms in total. The van der Waals surface area contributed by atoms with E-state index >= 15 is 0 Å². The second-order valence-corrected chi connectivity index (χ2v) is 5.48.